The van der Waals surface area contributed by atoms with Crippen LogP contribution in [0.25, 0.3) is 0 Å². The van der Waals surface area contributed by atoms with Crippen molar-refractivity contribution in [1.29, 1.82) is 0 Å². The minimum Gasteiger partial charge on any atom is -0.504 e. The number of rotatable bonds is 4. The number of phenols is 1. The average Bonchev–Trinajstić information content (AvgIpc) is 2.59. The third-order valence-corrected chi connectivity index (χ3v) is 3.47. The van der Waals surface area contributed by atoms with Crippen molar-refractivity contribution in [3.63, 3.8) is 0 Å². The number of nitrogens with zero attached hydrogens (tertiary/aromatic N) is 1. The number of para-hydroxylation sites is 1. The largest absolute Gasteiger partial charge is 0.504 e. The zero-order chi connectivity index (χ0) is 18.4. The molecule has 0 radical (unpaired) electrons. The molecule has 7 nitrogen and oxygen atoms in total. The summed E-state index contributed by atoms with van der Waals surface area (Å²) >= 11 is 0. The number of methoxy groups -OCH3 is 1. The Morgan fingerprint density at radius 3 is 2.64 bits per heavy atom. The Bertz CT molecular complexity index is 831. The van der Waals surface area contributed by atoms with Crippen molar-refractivity contribution < 1.29 is 19.4 Å². The van der Waals surface area contributed by atoms with Gasteiger partial charge in [0.05, 0.1) is 13.3 Å². The lowest BCUT2D eigenvalue weighted by molar-refractivity contribution is -0.136. The molecule has 130 valence electrons. The lowest BCUT2D eigenvalue weighted by atomic mass is 10.1. The van der Waals surface area contributed by atoms with E-state index < -0.39 is 11.8 Å². The molecular formula is C18H19N3O4. The minimum absolute atomic E-state index is 0.108. The van der Waals surface area contributed by atoms with E-state index in [1.807, 2.05) is 26.0 Å². The molecule has 0 heterocycles. The van der Waals surface area contributed by atoms with Gasteiger partial charge in [-0.05, 0) is 43.2 Å². The topological polar surface area (TPSA) is 100 Å². The first-order chi connectivity index (χ1) is 11.9. The Hall–Kier alpha value is -3.35. The van der Waals surface area contributed by atoms with E-state index in [1.165, 1.54) is 13.3 Å². The van der Waals surface area contributed by atoms with E-state index in [-0.39, 0.29) is 11.5 Å². The third kappa shape index (κ3) is 4.57. The van der Waals surface area contributed by atoms with E-state index in [0.29, 0.717) is 11.3 Å². The maximum absolute atomic E-state index is 11.9. The summed E-state index contributed by atoms with van der Waals surface area (Å²) in [6.07, 6.45) is 1.22. The number of aryl methyl sites for hydroxylation is 2. The molecule has 0 unspecified atom stereocenters. The van der Waals surface area contributed by atoms with Crippen LogP contribution in [0.5, 0.6) is 11.5 Å². The molecule has 2 aromatic rings. The molecule has 0 spiro atoms. The highest BCUT2D eigenvalue weighted by molar-refractivity contribution is 6.39. The molecule has 0 aliphatic carbocycles. The smallest absolute Gasteiger partial charge is 0.329 e. The van der Waals surface area contributed by atoms with Gasteiger partial charge < -0.3 is 15.2 Å². The third-order valence-electron chi connectivity index (χ3n) is 3.47. The first-order valence-electron chi connectivity index (χ1n) is 7.50. The highest BCUT2D eigenvalue weighted by atomic mass is 16.5. The summed E-state index contributed by atoms with van der Waals surface area (Å²) in [5.74, 6) is -1.58. The van der Waals surface area contributed by atoms with Crippen molar-refractivity contribution in [3.05, 3.63) is 53.1 Å². The van der Waals surface area contributed by atoms with Crippen molar-refractivity contribution in [2.75, 3.05) is 12.4 Å². The molecule has 0 aliphatic rings. The number of nitrogens with one attached hydrogen (secondary N) is 2. The van der Waals surface area contributed by atoms with Gasteiger partial charge in [0.1, 0.15) is 0 Å². The first kappa shape index (κ1) is 18.0. The van der Waals surface area contributed by atoms with Crippen molar-refractivity contribution in [1.82, 2.24) is 5.43 Å². The molecule has 2 amide bonds. The number of amides is 2. The molecule has 25 heavy (non-hydrogen) atoms. The van der Waals surface area contributed by atoms with Gasteiger partial charge in [-0.3, -0.25) is 9.59 Å². The van der Waals surface area contributed by atoms with Crippen LogP contribution in [0.3, 0.4) is 0 Å². The second kappa shape index (κ2) is 7.96. The molecule has 3 N–H and O–H groups in total. The van der Waals surface area contributed by atoms with Crippen LogP contribution >= 0.6 is 0 Å². The van der Waals surface area contributed by atoms with Gasteiger partial charge in [0.15, 0.2) is 11.5 Å². The SMILES string of the molecule is COc1cccc(/C=N\NC(=O)C(=O)Nc2cc(C)ccc2C)c1O. The van der Waals surface area contributed by atoms with Gasteiger partial charge in [-0.15, -0.1) is 0 Å². The summed E-state index contributed by atoms with van der Waals surface area (Å²) in [5.41, 5.74) is 4.83. The number of benzene rings is 2. The zero-order valence-corrected chi connectivity index (χ0v) is 14.2. The number of carbonyl (C=O) groups excluding carboxylic acids is 2. The summed E-state index contributed by atoms with van der Waals surface area (Å²) in [7, 11) is 1.43. The Kier molecular flexibility index (Phi) is 5.73. The molecular weight excluding hydrogens is 322 g/mol. The number of anilines is 1. The van der Waals surface area contributed by atoms with Crippen LogP contribution in [-0.2, 0) is 9.59 Å². The second-order valence-corrected chi connectivity index (χ2v) is 5.37. The number of phenolic OH excluding ortho intramolecular Hbond substituents is 1. The fraction of sp³-hybridized carbons (Fsp3) is 0.167. The van der Waals surface area contributed by atoms with Gasteiger partial charge in [0.2, 0.25) is 0 Å². The van der Waals surface area contributed by atoms with E-state index >= 15 is 0 Å². The molecule has 0 saturated carbocycles. The molecule has 0 aromatic heterocycles. The number of aromatic hydroxyl groups is 1. The van der Waals surface area contributed by atoms with E-state index in [4.69, 9.17) is 4.74 Å². The highest BCUT2D eigenvalue weighted by Crippen LogP contribution is 2.27. The maximum atomic E-state index is 11.9. The van der Waals surface area contributed by atoms with Crippen molar-refractivity contribution in [2.24, 2.45) is 5.10 Å². The normalized spacial score (nSPS) is 10.5. The van der Waals surface area contributed by atoms with Crippen LogP contribution in [0.2, 0.25) is 0 Å². The van der Waals surface area contributed by atoms with Crippen molar-refractivity contribution in [3.8, 4) is 11.5 Å². The van der Waals surface area contributed by atoms with Crippen LogP contribution in [0.1, 0.15) is 16.7 Å². The molecule has 2 aromatic carbocycles. The standard InChI is InChI=1S/C18H19N3O4/c1-11-7-8-12(2)14(9-11)20-17(23)18(24)21-19-10-13-5-4-6-15(25-3)16(13)22/h4-10,22H,1-3H3,(H,20,23)(H,21,24)/b19-10-. The maximum Gasteiger partial charge on any atom is 0.329 e. The Morgan fingerprint density at radius 1 is 1.16 bits per heavy atom. The van der Waals surface area contributed by atoms with Crippen LogP contribution < -0.4 is 15.5 Å². The molecule has 7 heteroatoms. The van der Waals surface area contributed by atoms with E-state index in [2.05, 4.69) is 15.8 Å². The van der Waals surface area contributed by atoms with Crippen molar-refractivity contribution in [2.45, 2.75) is 13.8 Å². The van der Waals surface area contributed by atoms with Gasteiger partial charge in [-0.1, -0.05) is 18.2 Å². The molecule has 2 rings (SSSR count). The van der Waals surface area contributed by atoms with Gasteiger partial charge in [-0.2, -0.15) is 5.10 Å². The molecule has 0 atom stereocenters. The van der Waals surface area contributed by atoms with E-state index in [9.17, 15) is 14.7 Å². The second-order valence-electron chi connectivity index (χ2n) is 5.37. The summed E-state index contributed by atoms with van der Waals surface area (Å²) in [5, 5.41) is 16.1. The minimum atomic E-state index is -0.917. The van der Waals surface area contributed by atoms with Gasteiger partial charge in [0, 0.05) is 11.3 Å². The van der Waals surface area contributed by atoms with Gasteiger partial charge in [0.25, 0.3) is 0 Å². The lowest BCUT2D eigenvalue weighted by Gasteiger charge is -2.08. The monoisotopic (exact) mass is 341 g/mol. The number of ether oxygens (including phenoxy) is 1. The summed E-state index contributed by atoms with van der Waals surface area (Å²) in [6, 6.07) is 10.4. The Morgan fingerprint density at radius 2 is 1.92 bits per heavy atom. The van der Waals surface area contributed by atoms with Crippen LogP contribution in [0, 0.1) is 13.8 Å². The highest BCUT2D eigenvalue weighted by Gasteiger charge is 2.14. The fourth-order valence-corrected chi connectivity index (χ4v) is 2.07. The molecule has 0 saturated heterocycles. The Labute approximate surface area is 145 Å². The van der Waals surface area contributed by atoms with E-state index in [1.54, 1.807) is 24.3 Å². The summed E-state index contributed by atoms with van der Waals surface area (Å²) < 4.78 is 4.98. The molecule has 0 aliphatic heterocycles. The average molecular weight is 341 g/mol. The number of hydrogen-bond acceptors (Lipinski definition) is 5. The molecule has 0 bridgehead atoms. The van der Waals surface area contributed by atoms with Crippen LogP contribution in [0.15, 0.2) is 41.5 Å². The van der Waals surface area contributed by atoms with Crippen LogP contribution in [-0.4, -0.2) is 30.2 Å². The van der Waals surface area contributed by atoms with Crippen LogP contribution in [0.4, 0.5) is 5.69 Å². The lowest BCUT2D eigenvalue weighted by Crippen LogP contribution is -2.32. The number of hydrogen-bond donors (Lipinski definition) is 3. The predicted molar refractivity (Wildman–Crippen MR) is 94.9 cm³/mol. The number of hydrazone groups is 1. The predicted octanol–water partition coefficient (Wildman–Crippen LogP) is 2.11. The zero-order valence-electron chi connectivity index (χ0n) is 14.2. The first-order valence-corrected chi connectivity index (χ1v) is 7.50. The number of carbonyl (C=O) groups is 2. The van der Waals surface area contributed by atoms with E-state index in [0.717, 1.165) is 11.1 Å². The van der Waals surface area contributed by atoms with Gasteiger partial charge in [-0.25, -0.2) is 5.43 Å². The molecule has 0 fully saturated rings. The fourth-order valence-electron chi connectivity index (χ4n) is 2.07. The quantitative estimate of drug-likeness (QED) is 0.450. The van der Waals surface area contributed by atoms with Crippen molar-refractivity contribution >= 4 is 23.7 Å². The van der Waals surface area contributed by atoms with Gasteiger partial charge >= 0.3 is 11.8 Å². The summed E-state index contributed by atoms with van der Waals surface area (Å²) in [6.45, 7) is 3.72. The Balaban J connectivity index is 2.00. The summed E-state index contributed by atoms with van der Waals surface area (Å²) in [4.78, 5) is 23.7.